The van der Waals surface area contributed by atoms with Crippen LogP contribution in [0.1, 0.15) is 42.4 Å². The summed E-state index contributed by atoms with van der Waals surface area (Å²) < 4.78 is 37.7. The highest BCUT2D eigenvalue weighted by Gasteiger charge is 2.35. The molecule has 3 unspecified atom stereocenters. The predicted molar refractivity (Wildman–Crippen MR) is 63.3 cm³/mol. The lowest BCUT2D eigenvalue weighted by Crippen LogP contribution is -2.15. The number of aliphatic hydroxyl groups is 1. The molecule has 0 aromatic heterocycles. The highest BCUT2D eigenvalue weighted by Crippen LogP contribution is 2.41. The maximum atomic E-state index is 12.6. The number of hydrogen-bond donors (Lipinski definition) is 1. The number of aryl methyl sites for hydroxylation is 1. The molecule has 4 heteroatoms. The average molecular weight is 258 g/mol. The third-order valence-corrected chi connectivity index (χ3v) is 4.01. The Morgan fingerprint density at radius 1 is 1.22 bits per heavy atom. The highest BCUT2D eigenvalue weighted by atomic mass is 19.4. The minimum Gasteiger partial charge on any atom is -0.393 e. The first-order valence-corrected chi connectivity index (χ1v) is 6.16. The van der Waals surface area contributed by atoms with E-state index >= 15 is 0 Å². The molecule has 1 aliphatic rings. The Bertz CT molecular complexity index is 439. The van der Waals surface area contributed by atoms with Crippen LogP contribution in [0.15, 0.2) is 18.2 Å². The fourth-order valence-corrected chi connectivity index (χ4v) is 2.85. The largest absolute Gasteiger partial charge is 0.416 e. The van der Waals surface area contributed by atoms with Crippen molar-refractivity contribution in [2.45, 2.75) is 44.9 Å². The Morgan fingerprint density at radius 3 is 2.33 bits per heavy atom. The molecule has 2 rings (SSSR count). The maximum absolute atomic E-state index is 12.6. The molecule has 18 heavy (non-hydrogen) atoms. The van der Waals surface area contributed by atoms with Gasteiger partial charge in [0.25, 0.3) is 0 Å². The smallest absolute Gasteiger partial charge is 0.393 e. The van der Waals surface area contributed by atoms with E-state index in [1.54, 1.807) is 13.0 Å². The van der Waals surface area contributed by atoms with Gasteiger partial charge in [-0.1, -0.05) is 13.0 Å². The summed E-state index contributed by atoms with van der Waals surface area (Å²) in [4.78, 5) is 0. The molecule has 1 aliphatic carbocycles. The summed E-state index contributed by atoms with van der Waals surface area (Å²) in [7, 11) is 0. The molecular formula is C14H17F3O. The lowest BCUT2D eigenvalue weighted by molar-refractivity contribution is -0.137. The Hall–Kier alpha value is -1.03. The summed E-state index contributed by atoms with van der Waals surface area (Å²) in [6.07, 6.45) is -3.05. The molecule has 1 N–H and O–H groups in total. The molecule has 1 nitrogen and oxygen atoms in total. The lowest BCUT2D eigenvalue weighted by Gasteiger charge is -2.20. The van der Waals surface area contributed by atoms with Crippen molar-refractivity contribution >= 4 is 0 Å². The van der Waals surface area contributed by atoms with Crippen LogP contribution in [0.2, 0.25) is 0 Å². The summed E-state index contributed by atoms with van der Waals surface area (Å²) in [6, 6.07) is 3.91. The van der Waals surface area contributed by atoms with Crippen LogP contribution in [0, 0.1) is 12.8 Å². The van der Waals surface area contributed by atoms with E-state index in [0.29, 0.717) is 5.56 Å². The Balaban J connectivity index is 2.31. The number of hydrogen-bond acceptors (Lipinski definition) is 1. The molecule has 0 amide bonds. The first kappa shape index (κ1) is 13.4. The van der Waals surface area contributed by atoms with E-state index in [4.69, 9.17) is 0 Å². The van der Waals surface area contributed by atoms with Crippen molar-refractivity contribution in [2.75, 3.05) is 0 Å². The predicted octanol–water partition coefficient (Wildman–Crippen LogP) is 3.89. The molecule has 0 saturated heterocycles. The molecule has 100 valence electrons. The quantitative estimate of drug-likeness (QED) is 0.810. The van der Waals surface area contributed by atoms with Crippen molar-refractivity contribution < 1.29 is 18.3 Å². The van der Waals surface area contributed by atoms with Gasteiger partial charge in [0.05, 0.1) is 11.7 Å². The van der Waals surface area contributed by atoms with Gasteiger partial charge in [-0.25, -0.2) is 0 Å². The van der Waals surface area contributed by atoms with Crippen LogP contribution in [-0.2, 0) is 6.18 Å². The van der Waals surface area contributed by atoms with Gasteiger partial charge in [-0.15, -0.1) is 0 Å². The number of benzene rings is 1. The molecule has 0 heterocycles. The molecule has 0 spiro atoms. The summed E-state index contributed by atoms with van der Waals surface area (Å²) in [5, 5.41) is 9.72. The van der Waals surface area contributed by atoms with E-state index in [0.717, 1.165) is 24.5 Å². The number of aliphatic hydroxyl groups excluding tert-OH is 1. The van der Waals surface area contributed by atoms with Crippen LogP contribution in [0.5, 0.6) is 0 Å². The molecule has 3 atom stereocenters. The summed E-state index contributed by atoms with van der Waals surface area (Å²) in [5.41, 5.74) is 0.998. The van der Waals surface area contributed by atoms with E-state index < -0.39 is 11.7 Å². The molecular weight excluding hydrogens is 241 g/mol. The van der Waals surface area contributed by atoms with Crippen molar-refractivity contribution in [3.8, 4) is 0 Å². The Kier molecular flexibility index (Phi) is 3.41. The van der Waals surface area contributed by atoms with Gasteiger partial charge in [-0.3, -0.25) is 0 Å². The van der Waals surface area contributed by atoms with E-state index in [-0.39, 0.29) is 17.9 Å². The second kappa shape index (κ2) is 4.57. The van der Waals surface area contributed by atoms with Gasteiger partial charge in [0.2, 0.25) is 0 Å². The minimum absolute atomic E-state index is 0.112. The fourth-order valence-electron chi connectivity index (χ4n) is 2.85. The topological polar surface area (TPSA) is 20.2 Å². The van der Waals surface area contributed by atoms with E-state index in [2.05, 4.69) is 0 Å². The van der Waals surface area contributed by atoms with Gasteiger partial charge in [0.15, 0.2) is 0 Å². The van der Waals surface area contributed by atoms with Crippen LogP contribution in [0.3, 0.4) is 0 Å². The van der Waals surface area contributed by atoms with Gasteiger partial charge in [0.1, 0.15) is 0 Å². The maximum Gasteiger partial charge on any atom is 0.416 e. The molecule has 1 saturated carbocycles. The monoisotopic (exact) mass is 258 g/mol. The zero-order valence-electron chi connectivity index (χ0n) is 10.5. The second-order valence-corrected chi connectivity index (χ2v) is 5.18. The van der Waals surface area contributed by atoms with Gasteiger partial charge in [-0.2, -0.15) is 13.2 Å². The lowest BCUT2D eigenvalue weighted by atomic mass is 9.86. The van der Waals surface area contributed by atoms with E-state index in [1.807, 2.05) is 6.92 Å². The number of alkyl halides is 3. The number of rotatable bonds is 1. The van der Waals surface area contributed by atoms with Crippen molar-refractivity contribution in [1.29, 1.82) is 0 Å². The van der Waals surface area contributed by atoms with Crippen LogP contribution in [-0.4, -0.2) is 11.2 Å². The number of halogens is 3. The third kappa shape index (κ3) is 2.39. The molecule has 0 aliphatic heterocycles. The van der Waals surface area contributed by atoms with E-state index in [9.17, 15) is 18.3 Å². The fraction of sp³-hybridized carbons (Fsp3) is 0.571. The van der Waals surface area contributed by atoms with Crippen molar-refractivity contribution in [2.24, 2.45) is 5.92 Å². The van der Waals surface area contributed by atoms with Gasteiger partial charge in [0, 0.05) is 0 Å². The van der Waals surface area contributed by atoms with Crippen LogP contribution < -0.4 is 0 Å². The summed E-state index contributed by atoms with van der Waals surface area (Å²) >= 11 is 0. The van der Waals surface area contributed by atoms with Crippen molar-refractivity contribution in [1.82, 2.24) is 0 Å². The molecule has 1 aromatic carbocycles. The zero-order chi connectivity index (χ0) is 13.5. The van der Waals surface area contributed by atoms with Crippen LogP contribution >= 0.6 is 0 Å². The molecule has 1 aromatic rings. The van der Waals surface area contributed by atoms with E-state index in [1.165, 1.54) is 6.07 Å². The van der Waals surface area contributed by atoms with Crippen LogP contribution in [0.25, 0.3) is 0 Å². The second-order valence-electron chi connectivity index (χ2n) is 5.18. The first-order chi connectivity index (χ1) is 8.30. The van der Waals surface area contributed by atoms with Gasteiger partial charge in [-0.05, 0) is 54.9 Å². The molecule has 1 fully saturated rings. The minimum atomic E-state index is -4.29. The highest BCUT2D eigenvalue weighted by molar-refractivity contribution is 5.36. The average Bonchev–Trinajstić information content (AvgIpc) is 2.59. The molecule has 0 bridgehead atoms. The normalized spacial score (nSPS) is 28.7. The Labute approximate surface area is 105 Å². The zero-order valence-corrected chi connectivity index (χ0v) is 10.5. The SMILES string of the molecule is Cc1cc(C(F)(F)F)ccc1C1CCC(O)C1C. The Morgan fingerprint density at radius 2 is 1.89 bits per heavy atom. The van der Waals surface area contributed by atoms with Gasteiger partial charge < -0.3 is 5.11 Å². The molecule has 0 radical (unpaired) electrons. The van der Waals surface area contributed by atoms with Crippen molar-refractivity contribution in [3.63, 3.8) is 0 Å². The summed E-state index contributed by atoms with van der Waals surface area (Å²) in [5.74, 6) is 0.280. The van der Waals surface area contributed by atoms with Crippen molar-refractivity contribution in [3.05, 3.63) is 34.9 Å². The standard InChI is InChI=1S/C14H17F3O/c1-8-7-10(14(15,16)17)3-4-11(8)12-5-6-13(18)9(12)2/h3-4,7,9,12-13,18H,5-6H2,1-2H3. The summed E-state index contributed by atoms with van der Waals surface area (Å²) in [6.45, 7) is 3.67. The van der Waals surface area contributed by atoms with Crippen LogP contribution in [0.4, 0.5) is 13.2 Å². The first-order valence-electron chi connectivity index (χ1n) is 6.16. The van der Waals surface area contributed by atoms with Gasteiger partial charge >= 0.3 is 6.18 Å². The third-order valence-electron chi connectivity index (χ3n) is 4.01.